The van der Waals surface area contributed by atoms with E-state index in [4.69, 9.17) is 9.73 Å². The number of azo groups is 1. The van der Waals surface area contributed by atoms with Crippen molar-refractivity contribution in [3.63, 3.8) is 0 Å². The Kier molecular flexibility index (Phi) is 4.57. The number of rotatable bonds is 4. The fourth-order valence-corrected chi connectivity index (χ4v) is 3.50. The van der Waals surface area contributed by atoms with Gasteiger partial charge in [0.1, 0.15) is 5.84 Å². The fraction of sp³-hybridized carbons (Fsp3) is 0.611. The molecule has 0 radical (unpaired) electrons. The molecule has 0 aliphatic carbocycles. The third-order valence-corrected chi connectivity index (χ3v) is 5.03. The molecule has 0 saturated carbocycles. The van der Waals surface area contributed by atoms with E-state index in [0.717, 1.165) is 56.6 Å². The number of aliphatic imine (C=N–C) groups is 1. The molecule has 0 aromatic carbocycles. The van der Waals surface area contributed by atoms with Crippen molar-refractivity contribution in [2.75, 3.05) is 31.2 Å². The number of aromatic amines is 1. The van der Waals surface area contributed by atoms with Gasteiger partial charge in [-0.05, 0) is 36.8 Å². The first-order chi connectivity index (χ1) is 12.2. The van der Waals surface area contributed by atoms with E-state index in [2.05, 4.69) is 51.4 Å². The van der Waals surface area contributed by atoms with E-state index in [1.54, 1.807) is 0 Å². The molecule has 4 heterocycles. The van der Waals surface area contributed by atoms with Crippen LogP contribution < -0.4 is 10.2 Å². The first kappa shape index (κ1) is 16.3. The van der Waals surface area contributed by atoms with Gasteiger partial charge in [0, 0.05) is 26.0 Å². The summed E-state index contributed by atoms with van der Waals surface area (Å²) in [6, 6.07) is 2.27. The normalized spacial score (nSPS) is 23.6. The second kappa shape index (κ2) is 7.00. The summed E-state index contributed by atoms with van der Waals surface area (Å²) in [5.41, 5.74) is 1.18. The Morgan fingerprint density at radius 2 is 2.20 bits per heavy atom. The lowest BCUT2D eigenvalue weighted by Gasteiger charge is -2.33. The van der Waals surface area contributed by atoms with Gasteiger partial charge < -0.3 is 19.9 Å². The van der Waals surface area contributed by atoms with Gasteiger partial charge in [0.05, 0.1) is 18.3 Å². The van der Waals surface area contributed by atoms with Gasteiger partial charge >= 0.3 is 0 Å². The molecule has 1 atom stereocenters. The summed E-state index contributed by atoms with van der Waals surface area (Å²) in [7, 11) is 0. The van der Waals surface area contributed by atoms with Crippen LogP contribution >= 0.6 is 0 Å². The Balaban J connectivity index is 1.47. The third kappa shape index (κ3) is 3.61. The summed E-state index contributed by atoms with van der Waals surface area (Å²) in [6.07, 6.45) is 6.30. The average Bonchev–Trinajstić information content (AvgIpc) is 3.25. The number of hydrogen-bond acceptors (Lipinski definition) is 6. The van der Waals surface area contributed by atoms with Crippen LogP contribution in [-0.2, 0) is 4.74 Å². The minimum atomic E-state index is 0.158. The standard InChI is InChI=1S/C18H26N6O/c1-12(2)14-9-16(23-22-14)20-17-11-24(10-13-4-7-25-8-5-13)15-3-6-19-18(15)21-17/h3,6,9,12-14,19H,4-5,7-8,10-11H2,1-2H3,(H,20,21). The monoisotopic (exact) mass is 342 g/mol. The van der Waals surface area contributed by atoms with Gasteiger partial charge in [-0.15, -0.1) is 5.11 Å². The Morgan fingerprint density at radius 1 is 1.36 bits per heavy atom. The largest absolute Gasteiger partial charge is 0.381 e. The molecular formula is C18H26N6O. The summed E-state index contributed by atoms with van der Waals surface area (Å²) in [4.78, 5) is 10.4. The lowest BCUT2D eigenvalue weighted by Crippen LogP contribution is -2.42. The van der Waals surface area contributed by atoms with Crippen molar-refractivity contribution in [1.29, 1.82) is 0 Å². The lowest BCUT2D eigenvalue weighted by molar-refractivity contribution is 0.0684. The zero-order chi connectivity index (χ0) is 17.2. The van der Waals surface area contributed by atoms with E-state index < -0.39 is 0 Å². The van der Waals surface area contributed by atoms with E-state index >= 15 is 0 Å². The Labute approximate surface area is 148 Å². The zero-order valence-electron chi connectivity index (χ0n) is 14.9. The molecule has 0 spiro atoms. The van der Waals surface area contributed by atoms with Crippen LogP contribution in [0.3, 0.4) is 0 Å². The number of aromatic nitrogens is 1. The Bertz CT molecular complexity index is 698. The van der Waals surface area contributed by atoms with E-state index in [9.17, 15) is 0 Å². The molecule has 1 aromatic heterocycles. The summed E-state index contributed by atoms with van der Waals surface area (Å²) in [5.74, 6) is 3.76. The van der Waals surface area contributed by atoms with Crippen LogP contribution in [0.5, 0.6) is 0 Å². The molecule has 2 N–H and O–H groups in total. The highest BCUT2D eigenvalue weighted by Gasteiger charge is 2.25. The molecule has 0 bridgehead atoms. The Hall–Kier alpha value is -2.15. The Morgan fingerprint density at radius 3 is 2.96 bits per heavy atom. The summed E-state index contributed by atoms with van der Waals surface area (Å²) >= 11 is 0. The van der Waals surface area contributed by atoms with Crippen molar-refractivity contribution in [1.82, 2.24) is 10.3 Å². The summed E-state index contributed by atoms with van der Waals surface area (Å²) < 4.78 is 5.49. The van der Waals surface area contributed by atoms with Gasteiger partial charge in [-0.3, -0.25) is 0 Å². The minimum absolute atomic E-state index is 0.158. The van der Waals surface area contributed by atoms with Crippen molar-refractivity contribution in [3.05, 3.63) is 24.2 Å². The fourth-order valence-electron chi connectivity index (χ4n) is 3.50. The van der Waals surface area contributed by atoms with Gasteiger partial charge in [-0.1, -0.05) is 13.8 Å². The predicted molar refractivity (Wildman–Crippen MR) is 98.3 cm³/mol. The number of nitrogens with one attached hydrogen (secondary N) is 2. The number of ether oxygens (including phenoxy) is 1. The van der Waals surface area contributed by atoms with Gasteiger partial charge in [0.15, 0.2) is 11.6 Å². The van der Waals surface area contributed by atoms with E-state index in [1.807, 2.05) is 6.20 Å². The maximum absolute atomic E-state index is 5.49. The van der Waals surface area contributed by atoms with E-state index in [0.29, 0.717) is 11.8 Å². The van der Waals surface area contributed by atoms with E-state index in [-0.39, 0.29) is 6.04 Å². The molecule has 4 rings (SSSR count). The predicted octanol–water partition coefficient (Wildman–Crippen LogP) is 3.21. The van der Waals surface area contributed by atoms with Crippen LogP contribution in [0.2, 0.25) is 0 Å². The average molecular weight is 342 g/mol. The van der Waals surface area contributed by atoms with Crippen LogP contribution in [0.4, 0.5) is 11.5 Å². The highest BCUT2D eigenvalue weighted by atomic mass is 16.5. The quantitative estimate of drug-likeness (QED) is 0.882. The van der Waals surface area contributed by atoms with Gasteiger partial charge in [0.2, 0.25) is 0 Å². The van der Waals surface area contributed by atoms with Gasteiger partial charge in [-0.25, -0.2) is 4.99 Å². The topological polar surface area (TPSA) is 77.4 Å². The number of fused-ring (bicyclic) bond motifs is 1. The van der Waals surface area contributed by atoms with Crippen LogP contribution in [0, 0.1) is 11.8 Å². The highest BCUT2D eigenvalue weighted by molar-refractivity contribution is 5.94. The number of amidine groups is 1. The van der Waals surface area contributed by atoms with Gasteiger partial charge in [0.25, 0.3) is 0 Å². The third-order valence-electron chi connectivity index (χ3n) is 5.03. The first-order valence-electron chi connectivity index (χ1n) is 9.16. The molecule has 1 unspecified atom stereocenters. The molecule has 3 aliphatic rings. The maximum Gasteiger partial charge on any atom is 0.155 e. The molecule has 1 aromatic rings. The zero-order valence-corrected chi connectivity index (χ0v) is 14.9. The highest BCUT2D eigenvalue weighted by Crippen LogP contribution is 2.32. The molecule has 7 nitrogen and oxygen atoms in total. The molecule has 1 fully saturated rings. The van der Waals surface area contributed by atoms with Crippen LogP contribution in [0.25, 0.3) is 0 Å². The molecular weight excluding hydrogens is 316 g/mol. The molecule has 0 amide bonds. The minimum Gasteiger partial charge on any atom is -0.381 e. The summed E-state index contributed by atoms with van der Waals surface area (Å²) in [6.45, 7) is 7.86. The first-order valence-corrected chi connectivity index (χ1v) is 9.16. The number of nitrogens with zero attached hydrogens (tertiary/aromatic N) is 4. The molecule has 134 valence electrons. The molecule has 1 saturated heterocycles. The second-order valence-electron chi connectivity index (χ2n) is 7.33. The molecule has 7 heteroatoms. The number of anilines is 1. The van der Waals surface area contributed by atoms with Crippen molar-refractivity contribution in [3.8, 4) is 0 Å². The number of H-pyrrole nitrogens is 1. The van der Waals surface area contributed by atoms with Crippen LogP contribution in [0.1, 0.15) is 26.7 Å². The van der Waals surface area contributed by atoms with Crippen LogP contribution in [-0.4, -0.2) is 43.2 Å². The van der Waals surface area contributed by atoms with Crippen LogP contribution in [0.15, 0.2) is 39.4 Å². The van der Waals surface area contributed by atoms with Crippen molar-refractivity contribution in [2.45, 2.75) is 32.7 Å². The number of hydrogen-bond donors (Lipinski definition) is 2. The smallest absolute Gasteiger partial charge is 0.155 e. The summed E-state index contributed by atoms with van der Waals surface area (Å²) in [5, 5.41) is 11.9. The SMILES string of the molecule is CC(C)C1C=C(NC2=Nc3[nH]ccc3N(CC3CCOCC3)C2)N=N1. The van der Waals surface area contributed by atoms with Crippen molar-refractivity contribution in [2.24, 2.45) is 27.1 Å². The second-order valence-corrected chi connectivity index (χ2v) is 7.33. The van der Waals surface area contributed by atoms with Crippen molar-refractivity contribution < 1.29 is 4.74 Å². The van der Waals surface area contributed by atoms with Gasteiger partial charge in [-0.2, -0.15) is 5.11 Å². The maximum atomic E-state index is 5.49. The lowest BCUT2D eigenvalue weighted by atomic mass is 9.99. The van der Waals surface area contributed by atoms with Crippen molar-refractivity contribution >= 4 is 17.3 Å². The molecule has 25 heavy (non-hydrogen) atoms. The molecule has 3 aliphatic heterocycles. The van der Waals surface area contributed by atoms with E-state index in [1.165, 1.54) is 5.69 Å².